The molecule has 25 heavy (non-hydrogen) atoms. The number of hydrogen-bond donors (Lipinski definition) is 1. The van der Waals surface area contributed by atoms with Gasteiger partial charge in [-0.1, -0.05) is 24.3 Å². The second-order valence-electron chi connectivity index (χ2n) is 6.63. The maximum absolute atomic E-state index is 13.2. The zero-order valence-corrected chi connectivity index (χ0v) is 14.1. The predicted octanol–water partition coefficient (Wildman–Crippen LogP) is 3.88. The van der Waals surface area contributed by atoms with Crippen molar-refractivity contribution < 1.29 is 9.13 Å². The molecule has 0 aliphatic carbocycles. The summed E-state index contributed by atoms with van der Waals surface area (Å²) in [6.45, 7) is 3.16. The number of ether oxygens (including phenoxy) is 1. The van der Waals surface area contributed by atoms with E-state index < -0.39 is 0 Å². The van der Waals surface area contributed by atoms with Crippen LogP contribution in [0.3, 0.4) is 0 Å². The van der Waals surface area contributed by atoms with Crippen LogP contribution in [0.5, 0.6) is 0 Å². The van der Waals surface area contributed by atoms with Gasteiger partial charge < -0.3 is 9.72 Å². The molecule has 5 heteroatoms. The highest BCUT2D eigenvalue weighted by molar-refractivity contribution is 5.74. The lowest BCUT2D eigenvalue weighted by atomic mass is 10.2. The smallest absolute Gasteiger partial charge is 0.123 e. The number of hydrogen-bond acceptors (Lipinski definition) is 3. The number of fused-ring (bicyclic) bond motifs is 1. The summed E-state index contributed by atoms with van der Waals surface area (Å²) in [5.74, 6) is 0.744. The van der Waals surface area contributed by atoms with Gasteiger partial charge in [0.2, 0.25) is 0 Å². The summed E-state index contributed by atoms with van der Waals surface area (Å²) in [4.78, 5) is 10.4. The summed E-state index contributed by atoms with van der Waals surface area (Å²) in [5, 5.41) is 0. The standard InChI is InChI=1S/C20H22FN3O/c21-16-9-7-15(8-10-16)12-24(13-17-4-3-11-25-17)14-20-22-18-5-1-2-6-19(18)23-20/h1-2,5-10,17H,3-4,11-14H2,(H,22,23). The Morgan fingerprint density at radius 1 is 1.12 bits per heavy atom. The molecule has 4 nitrogen and oxygen atoms in total. The lowest BCUT2D eigenvalue weighted by Crippen LogP contribution is -2.31. The average Bonchev–Trinajstić information content (AvgIpc) is 3.25. The minimum absolute atomic E-state index is 0.202. The number of rotatable bonds is 6. The van der Waals surface area contributed by atoms with Crippen LogP contribution in [0.2, 0.25) is 0 Å². The van der Waals surface area contributed by atoms with E-state index in [1.807, 2.05) is 36.4 Å². The molecule has 0 amide bonds. The molecule has 1 N–H and O–H groups in total. The number of para-hydroxylation sites is 2. The highest BCUT2D eigenvalue weighted by atomic mass is 19.1. The summed E-state index contributed by atoms with van der Waals surface area (Å²) in [7, 11) is 0. The predicted molar refractivity (Wildman–Crippen MR) is 95.6 cm³/mol. The first kappa shape index (κ1) is 16.2. The Kier molecular flexibility index (Phi) is 4.76. The van der Waals surface area contributed by atoms with Crippen molar-refractivity contribution >= 4 is 11.0 Å². The molecule has 1 aromatic heterocycles. The van der Waals surface area contributed by atoms with Gasteiger partial charge in [0.05, 0.1) is 23.7 Å². The van der Waals surface area contributed by atoms with Crippen molar-refractivity contribution in [1.29, 1.82) is 0 Å². The lowest BCUT2D eigenvalue weighted by Gasteiger charge is -2.24. The van der Waals surface area contributed by atoms with E-state index in [9.17, 15) is 4.39 Å². The zero-order valence-electron chi connectivity index (χ0n) is 14.1. The van der Waals surface area contributed by atoms with E-state index in [0.29, 0.717) is 6.54 Å². The van der Waals surface area contributed by atoms with Crippen LogP contribution in [0.15, 0.2) is 48.5 Å². The van der Waals surface area contributed by atoms with Gasteiger partial charge in [-0.05, 0) is 42.7 Å². The lowest BCUT2D eigenvalue weighted by molar-refractivity contribution is 0.0671. The van der Waals surface area contributed by atoms with Crippen LogP contribution < -0.4 is 0 Å². The molecular formula is C20H22FN3O. The Balaban J connectivity index is 1.51. The normalized spacial score (nSPS) is 17.6. The number of H-pyrrole nitrogens is 1. The van der Waals surface area contributed by atoms with Crippen LogP contribution >= 0.6 is 0 Å². The minimum Gasteiger partial charge on any atom is -0.377 e. The van der Waals surface area contributed by atoms with Gasteiger partial charge in [0.1, 0.15) is 11.6 Å². The fourth-order valence-corrected chi connectivity index (χ4v) is 3.40. The van der Waals surface area contributed by atoms with Gasteiger partial charge in [-0.15, -0.1) is 0 Å². The quantitative estimate of drug-likeness (QED) is 0.741. The van der Waals surface area contributed by atoms with Crippen molar-refractivity contribution in [1.82, 2.24) is 14.9 Å². The van der Waals surface area contributed by atoms with Gasteiger partial charge in [0, 0.05) is 19.7 Å². The van der Waals surface area contributed by atoms with Crippen molar-refractivity contribution in [2.45, 2.75) is 32.0 Å². The highest BCUT2D eigenvalue weighted by Crippen LogP contribution is 2.18. The Labute approximate surface area is 146 Å². The van der Waals surface area contributed by atoms with Gasteiger partial charge in [-0.25, -0.2) is 9.37 Å². The number of nitrogens with one attached hydrogen (secondary N) is 1. The number of halogens is 1. The van der Waals surface area contributed by atoms with E-state index >= 15 is 0 Å². The fraction of sp³-hybridized carbons (Fsp3) is 0.350. The van der Waals surface area contributed by atoms with Crippen LogP contribution in [0.4, 0.5) is 4.39 Å². The maximum atomic E-state index is 13.2. The van der Waals surface area contributed by atoms with Gasteiger partial charge >= 0.3 is 0 Å². The van der Waals surface area contributed by atoms with Gasteiger partial charge in [0.25, 0.3) is 0 Å². The monoisotopic (exact) mass is 339 g/mol. The summed E-state index contributed by atoms with van der Waals surface area (Å²) < 4.78 is 19.0. The number of benzene rings is 2. The number of nitrogens with zero attached hydrogens (tertiary/aromatic N) is 2. The van der Waals surface area contributed by atoms with E-state index in [2.05, 4.69) is 14.9 Å². The molecule has 4 rings (SSSR count). The van der Waals surface area contributed by atoms with E-state index in [0.717, 1.165) is 55.0 Å². The Morgan fingerprint density at radius 3 is 2.72 bits per heavy atom. The van der Waals surface area contributed by atoms with Crippen LogP contribution in [0.25, 0.3) is 11.0 Å². The molecule has 0 bridgehead atoms. The molecule has 3 aromatic rings. The van der Waals surface area contributed by atoms with Crippen molar-refractivity contribution in [2.75, 3.05) is 13.2 Å². The molecule has 0 spiro atoms. The third-order valence-electron chi connectivity index (χ3n) is 4.62. The van der Waals surface area contributed by atoms with Gasteiger partial charge in [-0.2, -0.15) is 0 Å². The molecule has 1 unspecified atom stereocenters. The van der Waals surface area contributed by atoms with Crippen molar-refractivity contribution in [2.24, 2.45) is 0 Å². The van der Waals surface area contributed by atoms with Crippen LogP contribution in [0.1, 0.15) is 24.2 Å². The van der Waals surface area contributed by atoms with Crippen molar-refractivity contribution in [3.63, 3.8) is 0 Å². The summed E-state index contributed by atoms with van der Waals surface area (Å²) in [6, 6.07) is 14.8. The molecule has 2 aromatic carbocycles. The maximum Gasteiger partial charge on any atom is 0.123 e. The van der Waals surface area contributed by atoms with Crippen LogP contribution in [-0.2, 0) is 17.8 Å². The molecule has 1 atom stereocenters. The highest BCUT2D eigenvalue weighted by Gasteiger charge is 2.20. The Bertz CT molecular complexity index is 791. The second-order valence-corrected chi connectivity index (χ2v) is 6.63. The first-order valence-corrected chi connectivity index (χ1v) is 8.78. The van der Waals surface area contributed by atoms with Gasteiger partial charge in [0.15, 0.2) is 0 Å². The van der Waals surface area contributed by atoms with Crippen molar-refractivity contribution in [3.8, 4) is 0 Å². The number of aromatic nitrogens is 2. The molecular weight excluding hydrogens is 317 g/mol. The van der Waals surface area contributed by atoms with Crippen molar-refractivity contribution in [3.05, 3.63) is 65.7 Å². The topological polar surface area (TPSA) is 41.2 Å². The molecule has 1 aliphatic heterocycles. The number of imidazole rings is 1. The molecule has 1 saturated heterocycles. The molecule has 2 heterocycles. The van der Waals surface area contributed by atoms with E-state index in [1.54, 1.807) is 0 Å². The third kappa shape index (κ3) is 4.06. The first-order chi connectivity index (χ1) is 12.3. The summed E-state index contributed by atoms with van der Waals surface area (Å²) in [5.41, 5.74) is 3.13. The van der Waals surface area contributed by atoms with E-state index in [1.165, 1.54) is 12.1 Å². The number of aromatic amines is 1. The van der Waals surface area contributed by atoms with E-state index in [4.69, 9.17) is 4.74 Å². The van der Waals surface area contributed by atoms with E-state index in [-0.39, 0.29) is 11.9 Å². The Hall–Kier alpha value is -2.24. The third-order valence-corrected chi connectivity index (χ3v) is 4.62. The Morgan fingerprint density at radius 2 is 1.96 bits per heavy atom. The average molecular weight is 339 g/mol. The largest absolute Gasteiger partial charge is 0.377 e. The second kappa shape index (κ2) is 7.33. The molecule has 1 aliphatic rings. The SMILES string of the molecule is Fc1ccc(CN(Cc2nc3ccccc3[nH]2)CC2CCCO2)cc1. The van der Waals surface area contributed by atoms with Gasteiger partial charge in [-0.3, -0.25) is 4.90 Å². The summed E-state index contributed by atoms with van der Waals surface area (Å²) in [6.07, 6.45) is 2.49. The van der Waals surface area contributed by atoms with Crippen LogP contribution in [-0.4, -0.2) is 34.1 Å². The minimum atomic E-state index is -0.202. The zero-order chi connectivity index (χ0) is 17.1. The fourth-order valence-electron chi connectivity index (χ4n) is 3.40. The summed E-state index contributed by atoms with van der Waals surface area (Å²) >= 11 is 0. The first-order valence-electron chi connectivity index (χ1n) is 8.78. The van der Waals surface area contributed by atoms with Crippen LogP contribution in [0, 0.1) is 5.82 Å². The molecule has 1 fully saturated rings. The molecule has 0 saturated carbocycles. The molecule has 130 valence electrons. The molecule has 0 radical (unpaired) electrons.